The van der Waals surface area contributed by atoms with Crippen LogP contribution in [0.4, 0.5) is 0 Å². The highest BCUT2D eigenvalue weighted by molar-refractivity contribution is 5.85. The van der Waals surface area contributed by atoms with Crippen molar-refractivity contribution in [1.82, 2.24) is 15.0 Å². The minimum atomic E-state index is -0.336. The van der Waals surface area contributed by atoms with Crippen molar-refractivity contribution in [2.75, 3.05) is 13.7 Å². The molecule has 0 saturated heterocycles. The fourth-order valence-corrected chi connectivity index (χ4v) is 2.28. The molecule has 2 rings (SSSR count). The van der Waals surface area contributed by atoms with Gasteiger partial charge in [0, 0.05) is 26.1 Å². The lowest BCUT2D eigenvalue weighted by Gasteiger charge is -2.18. The lowest BCUT2D eigenvalue weighted by atomic mass is 10.0. The van der Waals surface area contributed by atoms with Gasteiger partial charge in [-0.3, -0.25) is 4.79 Å². The van der Waals surface area contributed by atoms with E-state index >= 15 is 0 Å². The van der Waals surface area contributed by atoms with Crippen LogP contribution in [0.15, 0.2) is 34.9 Å². The van der Waals surface area contributed by atoms with Crippen molar-refractivity contribution in [2.45, 2.75) is 39.0 Å². The first-order valence-corrected chi connectivity index (χ1v) is 7.99. The van der Waals surface area contributed by atoms with Crippen LogP contribution in [0.1, 0.15) is 49.7 Å². The van der Waals surface area contributed by atoms with Crippen LogP contribution in [0, 0.1) is 0 Å². The van der Waals surface area contributed by atoms with Crippen molar-refractivity contribution < 1.29 is 14.1 Å². The summed E-state index contributed by atoms with van der Waals surface area (Å²) in [5, 5.41) is 3.88. The number of rotatable bonds is 8. The van der Waals surface area contributed by atoms with E-state index in [0.29, 0.717) is 18.3 Å². The molecule has 2 atom stereocenters. The third kappa shape index (κ3) is 6.12. The molecule has 2 unspecified atom stereocenters. The highest BCUT2D eigenvalue weighted by Gasteiger charge is 2.19. The third-order valence-corrected chi connectivity index (χ3v) is 3.68. The van der Waals surface area contributed by atoms with Crippen molar-refractivity contribution in [2.24, 2.45) is 5.73 Å². The van der Waals surface area contributed by atoms with Gasteiger partial charge in [0.25, 0.3) is 0 Å². The van der Waals surface area contributed by atoms with Gasteiger partial charge in [-0.1, -0.05) is 35.5 Å². The van der Waals surface area contributed by atoms with Crippen LogP contribution in [0.5, 0.6) is 0 Å². The van der Waals surface area contributed by atoms with Crippen LogP contribution in [-0.4, -0.2) is 34.6 Å². The number of carbonyl (C=O) groups is 1. The van der Waals surface area contributed by atoms with E-state index in [2.05, 4.69) is 10.1 Å². The smallest absolute Gasteiger partial charge is 0.246 e. The second-order valence-corrected chi connectivity index (χ2v) is 5.61. The lowest BCUT2D eigenvalue weighted by molar-refractivity contribution is -0.131. The molecule has 25 heavy (non-hydrogen) atoms. The highest BCUT2D eigenvalue weighted by Crippen LogP contribution is 2.16. The lowest BCUT2D eigenvalue weighted by Crippen LogP contribution is -2.29. The number of nitrogens with zero attached hydrogens (tertiary/aromatic N) is 3. The number of ether oxygens (including phenoxy) is 1. The van der Waals surface area contributed by atoms with Crippen LogP contribution in [-0.2, 0) is 16.1 Å². The van der Waals surface area contributed by atoms with Gasteiger partial charge in [-0.05, 0) is 19.4 Å². The first-order valence-electron chi connectivity index (χ1n) is 7.99. The Bertz CT molecular complexity index is 650. The number of hydrogen-bond acceptors (Lipinski definition) is 6. The highest BCUT2D eigenvalue weighted by atomic mass is 35.5. The summed E-state index contributed by atoms with van der Waals surface area (Å²) >= 11 is 0. The zero-order chi connectivity index (χ0) is 17.5. The molecular weight excluding hydrogens is 344 g/mol. The standard InChI is InChI=1S/C17H24N4O3.ClH/c1-4-23-12(2)17-19-15(24-20-17)11-21(3)16(22)10-14(18)13-8-6-5-7-9-13;/h5-9,12,14H,4,10-11,18H2,1-3H3;1H. The molecule has 0 aliphatic rings. The fourth-order valence-electron chi connectivity index (χ4n) is 2.28. The fraction of sp³-hybridized carbons (Fsp3) is 0.471. The van der Waals surface area contributed by atoms with Crippen LogP contribution < -0.4 is 5.73 Å². The molecule has 138 valence electrons. The molecule has 0 saturated carbocycles. The summed E-state index contributed by atoms with van der Waals surface area (Å²) in [6.07, 6.45) is -0.0170. The minimum absolute atomic E-state index is 0. The van der Waals surface area contributed by atoms with Gasteiger partial charge in [-0.15, -0.1) is 12.4 Å². The van der Waals surface area contributed by atoms with Gasteiger partial charge >= 0.3 is 0 Å². The summed E-state index contributed by atoms with van der Waals surface area (Å²) in [4.78, 5) is 18.1. The van der Waals surface area contributed by atoms with Crippen LogP contribution in [0.2, 0.25) is 0 Å². The number of benzene rings is 1. The summed E-state index contributed by atoms with van der Waals surface area (Å²) in [5.41, 5.74) is 7.02. The maximum Gasteiger partial charge on any atom is 0.246 e. The summed E-state index contributed by atoms with van der Waals surface area (Å²) in [5.74, 6) is 0.776. The van der Waals surface area contributed by atoms with E-state index in [-0.39, 0.29) is 43.4 Å². The van der Waals surface area contributed by atoms with E-state index in [1.807, 2.05) is 44.2 Å². The van der Waals surface area contributed by atoms with Gasteiger partial charge in [0.1, 0.15) is 6.10 Å². The molecule has 1 aromatic heterocycles. The van der Waals surface area contributed by atoms with Crippen molar-refractivity contribution in [1.29, 1.82) is 0 Å². The molecule has 7 nitrogen and oxygen atoms in total. The SMILES string of the molecule is CCOC(C)c1noc(CN(C)C(=O)CC(N)c2ccccc2)n1.Cl. The maximum atomic E-state index is 12.3. The second kappa shape index (κ2) is 10.1. The number of amides is 1. The molecule has 8 heteroatoms. The topological polar surface area (TPSA) is 94.5 Å². The molecule has 0 radical (unpaired) electrons. The number of aromatic nitrogens is 2. The zero-order valence-electron chi connectivity index (χ0n) is 14.7. The summed E-state index contributed by atoms with van der Waals surface area (Å²) in [7, 11) is 1.69. The van der Waals surface area contributed by atoms with Crippen molar-refractivity contribution in [3.63, 3.8) is 0 Å². The Morgan fingerprint density at radius 1 is 1.36 bits per heavy atom. The molecule has 1 aromatic carbocycles. The molecule has 0 bridgehead atoms. The predicted octanol–water partition coefficient (Wildman–Crippen LogP) is 2.64. The third-order valence-electron chi connectivity index (χ3n) is 3.68. The van der Waals surface area contributed by atoms with Crippen LogP contribution in [0.25, 0.3) is 0 Å². The Morgan fingerprint density at radius 3 is 2.68 bits per heavy atom. The van der Waals surface area contributed by atoms with E-state index in [0.717, 1.165) is 5.56 Å². The van der Waals surface area contributed by atoms with Gasteiger partial charge in [0.05, 0.1) is 6.54 Å². The first-order chi connectivity index (χ1) is 11.5. The van der Waals surface area contributed by atoms with Gasteiger partial charge in [-0.25, -0.2) is 0 Å². The van der Waals surface area contributed by atoms with Gasteiger partial charge in [0.2, 0.25) is 11.8 Å². The summed E-state index contributed by atoms with van der Waals surface area (Å²) in [6, 6.07) is 9.22. The van der Waals surface area contributed by atoms with E-state index in [1.54, 1.807) is 7.05 Å². The normalized spacial score (nSPS) is 13.0. The maximum absolute atomic E-state index is 12.3. The molecule has 1 heterocycles. The Labute approximate surface area is 153 Å². The number of carbonyl (C=O) groups excluding carboxylic acids is 1. The average molecular weight is 369 g/mol. The molecule has 1 amide bonds. The molecule has 2 aromatic rings. The molecule has 0 aliphatic heterocycles. The molecular formula is C17H25ClN4O3. The van der Waals surface area contributed by atoms with Crippen molar-refractivity contribution in [3.05, 3.63) is 47.6 Å². The molecule has 0 fully saturated rings. The zero-order valence-corrected chi connectivity index (χ0v) is 15.5. The quantitative estimate of drug-likeness (QED) is 0.769. The van der Waals surface area contributed by atoms with Crippen molar-refractivity contribution in [3.8, 4) is 0 Å². The van der Waals surface area contributed by atoms with Crippen LogP contribution >= 0.6 is 12.4 Å². The largest absolute Gasteiger partial charge is 0.371 e. The summed E-state index contributed by atoms with van der Waals surface area (Å²) < 4.78 is 10.6. The van der Waals surface area contributed by atoms with E-state index in [1.165, 1.54) is 4.90 Å². The summed E-state index contributed by atoms with van der Waals surface area (Å²) in [6.45, 7) is 4.57. The Kier molecular flexibility index (Phi) is 8.54. The Morgan fingerprint density at radius 2 is 2.04 bits per heavy atom. The van der Waals surface area contributed by atoms with E-state index < -0.39 is 0 Å². The molecule has 0 aliphatic carbocycles. The molecule has 2 N–H and O–H groups in total. The van der Waals surface area contributed by atoms with E-state index in [9.17, 15) is 4.79 Å². The van der Waals surface area contributed by atoms with Gasteiger partial charge < -0.3 is 19.9 Å². The molecule has 0 spiro atoms. The van der Waals surface area contributed by atoms with E-state index in [4.69, 9.17) is 15.0 Å². The number of halogens is 1. The predicted molar refractivity (Wildman–Crippen MR) is 96.0 cm³/mol. The van der Waals surface area contributed by atoms with Gasteiger partial charge in [0.15, 0.2) is 5.82 Å². The van der Waals surface area contributed by atoms with Gasteiger partial charge in [-0.2, -0.15) is 4.98 Å². The number of nitrogens with two attached hydrogens (primary N) is 1. The Hall–Kier alpha value is -1.96. The van der Waals surface area contributed by atoms with Crippen molar-refractivity contribution >= 4 is 18.3 Å². The van der Waals surface area contributed by atoms with Crippen LogP contribution in [0.3, 0.4) is 0 Å². The number of hydrogen-bond donors (Lipinski definition) is 1. The monoisotopic (exact) mass is 368 g/mol. The first kappa shape index (κ1) is 21.1. The minimum Gasteiger partial charge on any atom is -0.371 e. The second-order valence-electron chi connectivity index (χ2n) is 5.61. The Balaban J connectivity index is 0.00000312. The average Bonchev–Trinajstić information content (AvgIpc) is 3.04.